The van der Waals surface area contributed by atoms with E-state index in [4.69, 9.17) is 57.2 Å². The molecule has 18 nitrogen and oxygen atoms in total. The minimum atomic E-state index is -0.918. The van der Waals surface area contributed by atoms with Gasteiger partial charge in [-0.25, -0.2) is 19.2 Å². The van der Waals surface area contributed by atoms with E-state index in [1.54, 1.807) is 53.1 Å². The van der Waals surface area contributed by atoms with Crippen LogP contribution in [0.3, 0.4) is 0 Å². The number of carbonyl (C=O) groups is 4. The third kappa shape index (κ3) is 20.7. The molecule has 0 bridgehead atoms. The third-order valence-corrected chi connectivity index (χ3v) is 17.7. The first-order valence-electron chi connectivity index (χ1n) is 32.8. The first kappa shape index (κ1) is 71.1. The number of benzene rings is 8. The van der Waals surface area contributed by atoms with Crippen molar-refractivity contribution in [2.24, 2.45) is 11.8 Å². The van der Waals surface area contributed by atoms with Crippen molar-refractivity contribution in [2.45, 2.75) is 108 Å². The number of ether oxygens (including phenoxy) is 11. The van der Waals surface area contributed by atoms with Crippen LogP contribution in [0.2, 0.25) is 0 Å². The third-order valence-electron chi connectivity index (χ3n) is 16.7. The number of esters is 2. The smallest absolute Gasteiger partial charge is 0.410 e. The average molecular weight is 1340 g/mol. The Balaban J connectivity index is 0.000000173. The van der Waals surface area contributed by atoms with Crippen LogP contribution >= 0.6 is 11.8 Å². The van der Waals surface area contributed by atoms with Gasteiger partial charge in [0, 0.05) is 49.1 Å². The standard InChI is InChI=1S/C38H39NO8.C23H26O5S.C17H19NO3/c1-27-33-32(26-43-36(47-33)31-20-12-5-13-21-31)45-37(34(27)46-35(40)30-18-10-4-11-19-30)42-23-22-39(24-28-14-6-2-7-15-28)38(41)44-25-29-16-8-3-9-17-29;1-3-29-23-20(27-21(24)16-10-6-4-7-11-16)15(2)19-18(26-23)14-25-22(28-19)17-12-8-5-9-13-17;19-12-11-18(13-15-7-3-1-4-8-15)17(20)21-14-16-9-5-2-6-10-16/h2-21,27,32-34,36-37H,22-26H2,1H3;4-13,15,18-20,22-23H,3,14H2,1-2H3;1-10,19H,11-14H2. The second-order valence-corrected chi connectivity index (χ2v) is 24.9. The maximum Gasteiger partial charge on any atom is 0.410 e. The van der Waals surface area contributed by atoms with E-state index >= 15 is 0 Å². The first-order chi connectivity index (χ1) is 47.5. The molecule has 4 aliphatic heterocycles. The molecule has 4 fully saturated rings. The van der Waals surface area contributed by atoms with Gasteiger partial charge in [0.05, 0.1) is 49.8 Å². The quantitative estimate of drug-likeness (QED) is 0.0496. The fourth-order valence-electron chi connectivity index (χ4n) is 11.6. The Kier molecular flexibility index (Phi) is 27.2. The zero-order valence-corrected chi connectivity index (χ0v) is 55.5. The summed E-state index contributed by atoms with van der Waals surface area (Å²) >= 11 is 1.64. The van der Waals surface area contributed by atoms with Crippen molar-refractivity contribution in [1.82, 2.24) is 9.80 Å². The maximum atomic E-state index is 13.3. The molecule has 12 unspecified atom stereocenters. The molecule has 97 heavy (non-hydrogen) atoms. The summed E-state index contributed by atoms with van der Waals surface area (Å²) in [7, 11) is 0. The minimum Gasteiger partial charge on any atom is -0.455 e. The van der Waals surface area contributed by atoms with Gasteiger partial charge in [0.25, 0.3) is 0 Å². The number of amides is 2. The van der Waals surface area contributed by atoms with Crippen molar-refractivity contribution in [2.75, 3.05) is 45.3 Å². The van der Waals surface area contributed by atoms with Gasteiger partial charge in [-0.3, -0.25) is 0 Å². The molecule has 8 aromatic carbocycles. The molecule has 19 heteroatoms. The second-order valence-electron chi connectivity index (χ2n) is 23.6. The van der Waals surface area contributed by atoms with Gasteiger partial charge >= 0.3 is 24.1 Å². The summed E-state index contributed by atoms with van der Waals surface area (Å²) in [6.45, 7) is 8.47. The van der Waals surface area contributed by atoms with E-state index in [0.29, 0.717) is 30.8 Å². The summed E-state index contributed by atoms with van der Waals surface area (Å²) in [5.74, 6) is -0.279. The molecule has 12 rings (SSSR count). The van der Waals surface area contributed by atoms with E-state index in [9.17, 15) is 19.2 Å². The average Bonchev–Trinajstić information content (AvgIpc) is 0.833. The summed E-state index contributed by atoms with van der Waals surface area (Å²) in [6.07, 6.45) is -5.25. The van der Waals surface area contributed by atoms with Crippen LogP contribution in [0.1, 0.15) is 87.4 Å². The van der Waals surface area contributed by atoms with Gasteiger partial charge in [0.1, 0.15) is 37.0 Å². The van der Waals surface area contributed by atoms with Crippen molar-refractivity contribution in [3.63, 3.8) is 0 Å². The summed E-state index contributed by atoms with van der Waals surface area (Å²) in [5, 5.41) is 9.10. The monoisotopic (exact) mass is 1340 g/mol. The summed E-state index contributed by atoms with van der Waals surface area (Å²) in [6, 6.07) is 75.8. The number of fused-ring (bicyclic) bond motifs is 2. The second kappa shape index (κ2) is 37.1. The van der Waals surface area contributed by atoms with Crippen LogP contribution in [0.25, 0.3) is 0 Å². The summed E-state index contributed by atoms with van der Waals surface area (Å²) in [4.78, 5) is 54.4. The molecule has 0 radical (unpaired) electrons. The number of carbonyl (C=O) groups excluding carboxylic acids is 4. The Morgan fingerprint density at radius 3 is 1.26 bits per heavy atom. The fourth-order valence-corrected chi connectivity index (χ4v) is 12.6. The zero-order chi connectivity index (χ0) is 67.6. The molecule has 2 amide bonds. The molecule has 4 saturated heterocycles. The highest BCUT2D eigenvalue weighted by atomic mass is 32.2. The van der Waals surface area contributed by atoms with Gasteiger partial charge in [-0.15, -0.1) is 11.8 Å². The van der Waals surface area contributed by atoms with Crippen LogP contribution < -0.4 is 0 Å². The van der Waals surface area contributed by atoms with Crippen LogP contribution in [0.15, 0.2) is 243 Å². The lowest BCUT2D eigenvalue weighted by molar-refractivity contribution is -0.351. The van der Waals surface area contributed by atoms with Crippen LogP contribution in [-0.4, -0.2) is 133 Å². The van der Waals surface area contributed by atoms with Crippen LogP contribution in [-0.2, 0) is 78.4 Å². The minimum absolute atomic E-state index is 0.0272. The summed E-state index contributed by atoms with van der Waals surface area (Å²) in [5.41, 5.74) is 6.37. The fraction of sp³-hybridized carbons (Fsp3) is 0.333. The van der Waals surface area contributed by atoms with Crippen LogP contribution in [0.4, 0.5) is 9.59 Å². The highest BCUT2D eigenvalue weighted by molar-refractivity contribution is 7.99. The first-order valence-corrected chi connectivity index (χ1v) is 33.9. The van der Waals surface area contributed by atoms with Crippen molar-refractivity contribution < 1.29 is 76.4 Å². The predicted molar refractivity (Wildman–Crippen MR) is 365 cm³/mol. The Morgan fingerprint density at radius 1 is 0.464 bits per heavy atom. The Bertz CT molecular complexity index is 3620. The Hall–Kier alpha value is -8.73. The van der Waals surface area contributed by atoms with Gasteiger partial charge < -0.3 is 67.0 Å². The molecule has 4 heterocycles. The molecule has 8 aromatic rings. The van der Waals surface area contributed by atoms with Gasteiger partial charge in [-0.1, -0.05) is 239 Å². The SMILES string of the molecule is CC1C2OC(c3ccccc3)OCC2OC(OCCN(Cc2ccccc2)C(=O)OCc2ccccc2)C1OC(=O)c1ccccc1.CCSC1OC2COC(c3ccccc3)OC2C(C)C1OC(=O)c1ccccc1.O=C(OCc1ccccc1)N(CCO)Cc1ccccc1. The normalized spacial score (nSPS) is 23.1. The van der Waals surface area contributed by atoms with E-state index < -0.39 is 61.4 Å². The molecule has 1 N–H and O–H groups in total. The van der Waals surface area contributed by atoms with E-state index in [2.05, 4.69) is 13.8 Å². The van der Waals surface area contributed by atoms with Crippen LogP contribution in [0.5, 0.6) is 0 Å². The van der Waals surface area contributed by atoms with Crippen molar-refractivity contribution in [1.29, 1.82) is 0 Å². The van der Waals surface area contributed by atoms with Gasteiger partial charge in [0.15, 0.2) is 25.0 Å². The van der Waals surface area contributed by atoms with E-state index in [1.165, 1.54) is 4.90 Å². The molecule has 0 spiro atoms. The van der Waals surface area contributed by atoms with Crippen molar-refractivity contribution in [3.8, 4) is 0 Å². The van der Waals surface area contributed by atoms with E-state index in [1.807, 2.05) is 213 Å². The Labute approximate surface area is 571 Å². The lowest BCUT2D eigenvalue weighted by atomic mass is 9.89. The van der Waals surface area contributed by atoms with Gasteiger partial charge in [0.2, 0.25) is 0 Å². The number of hydrogen-bond donors (Lipinski definition) is 1. The molecule has 0 aromatic heterocycles. The molecule has 0 saturated carbocycles. The van der Waals surface area contributed by atoms with Gasteiger partial charge in [-0.2, -0.15) is 0 Å². The molecule has 508 valence electrons. The van der Waals surface area contributed by atoms with Crippen molar-refractivity contribution >= 4 is 35.9 Å². The highest BCUT2D eigenvalue weighted by Gasteiger charge is 2.51. The lowest BCUT2D eigenvalue weighted by Crippen LogP contribution is -2.59. The maximum absolute atomic E-state index is 13.3. The number of aliphatic hydroxyl groups excluding tert-OH is 1. The zero-order valence-electron chi connectivity index (χ0n) is 54.7. The Morgan fingerprint density at radius 2 is 0.835 bits per heavy atom. The van der Waals surface area contributed by atoms with E-state index in [-0.39, 0.29) is 81.6 Å². The molecular formula is C78H84N2O16S. The van der Waals surface area contributed by atoms with Gasteiger partial charge in [-0.05, 0) is 52.3 Å². The van der Waals surface area contributed by atoms with Crippen molar-refractivity contribution in [3.05, 3.63) is 287 Å². The lowest BCUT2D eigenvalue weighted by Gasteiger charge is -2.48. The topological polar surface area (TPSA) is 197 Å². The molecular weight excluding hydrogens is 1250 g/mol. The number of hydrogen-bond acceptors (Lipinski definition) is 17. The molecule has 12 atom stereocenters. The predicted octanol–water partition coefficient (Wildman–Crippen LogP) is 13.8. The number of rotatable bonds is 22. The van der Waals surface area contributed by atoms with E-state index in [0.717, 1.165) is 39.1 Å². The largest absolute Gasteiger partial charge is 0.455 e. The number of aliphatic hydroxyl groups is 1. The molecule has 0 aliphatic carbocycles. The highest BCUT2D eigenvalue weighted by Crippen LogP contribution is 2.42. The number of nitrogens with zero attached hydrogens (tertiary/aromatic N) is 2. The summed E-state index contributed by atoms with van der Waals surface area (Å²) < 4.78 is 66.5. The van der Waals surface area contributed by atoms with Crippen LogP contribution in [0, 0.1) is 11.8 Å². The number of thioether (sulfide) groups is 1. The molecule has 4 aliphatic rings.